The molecule has 0 spiro atoms. The average molecular weight is 414 g/mol. The van der Waals surface area contributed by atoms with Crippen LogP contribution in [-0.2, 0) is 14.9 Å². The summed E-state index contributed by atoms with van der Waals surface area (Å²) < 4.78 is 69.2. The van der Waals surface area contributed by atoms with E-state index in [2.05, 4.69) is 29.8 Å². The van der Waals surface area contributed by atoms with Crippen LogP contribution in [0, 0.1) is 0 Å². The van der Waals surface area contributed by atoms with Crippen LogP contribution >= 0.6 is 15.9 Å². The molecule has 0 radical (unpaired) electrons. The molecule has 0 saturated carbocycles. The van der Waals surface area contributed by atoms with Crippen molar-refractivity contribution in [1.29, 1.82) is 0 Å². The van der Waals surface area contributed by atoms with Gasteiger partial charge in [0.15, 0.2) is 11.4 Å². The first-order valence-corrected chi connectivity index (χ1v) is 7.95. The first kappa shape index (κ1) is 17.5. The molecule has 0 aliphatic carbocycles. The van der Waals surface area contributed by atoms with E-state index < -0.39 is 33.0 Å². The molecular weight excluding hydrogens is 407 g/mol. The van der Waals surface area contributed by atoms with Gasteiger partial charge in [0.25, 0.3) is 0 Å². The van der Waals surface area contributed by atoms with Gasteiger partial charge >= 0.3 is 21.6 Å². The summed E-state index contributed by atoms with van der Waals surface area (Å²) in [5.41, 5.74) is -6.35. The molecule has 11 heteroatoms. The second-order valence-electron chi connectivity index (χ2n) is 4.11. The molecule has 0 bridgehead atoms. The summed E-state index contributed by atoms with van der Waals surface area (Å²) in [7, 11) is -5.01. The highest BCUT2D eigenvalue weighted by Gasteiger charge is 2.49. The molecular formula is C12H7BrF3NO5S. The van der Waals surface area contributed by atoms with E-state index in [-0.39, 0.29) is 10.8 Å². The SMILES string of the molecule is COC(=O)c1ncc2c(Br)cccc2c1OS(=O)(=O)C(F)(F)F. The number of aromatic nitrogens is 1. The fourth-order valence-electron chi connectivity index (χ4n) is 1.66. The van der Waals surface area contributed by atoms with Gasteiger partial charge in [-0.05, 0) is 6.07 Å². The minimum absolute atomic E-state index is 0.0531. The van der Waals surface area contributed by atoms with E-state index in [1.807, 2.05) is 0 Å². The molecule has 0 unspecified atom stereocenters. The van der Waals surface area contributed by atoms with Crippen LogP contribution in [0.25, 0.3) is 10.8 Å². The van der Waals surface area contributed by atoms with Gasteiger partial charge in [-0.1, -0.05) is 28.1 Å². The van der Waals surface area contributed by atoms with Crippen molar-refractivity contribution < 1.29 is 35.3 Å². The third-order valence-electron chi connectivity index (χ3n) is 2.69. The fourth-order valence-corrected chi connectivity index (χ4v) is 2.62. The first-order chi connectivity index (χ1) is 10.6. The van der Waals surface area contributed by atoms with Crippen LogP contribution in [0.1, 0.15) is 10.5 Å². The Morgan fingerprint density at radius 1 is 1.26 bits per heavy atom. The predicted molar refractivity (Wildman–Crippen MR) is 76.4 cm³/mol. The van der Waals surface area contributed by atoms with Gasteiger partial charge in [-0.25, -0.2) is 9.78 Å². The molecule has 124 valence electrons. The summed E-state index contributed by atoms with van der Waals surface area (Å²) in [5, 5.41) is 0.204. The highest BCUT2D eigenvalue weighted by atomic mass is 79.9. The largest absolute Gasteiger partial charge is 0.534 e. The van der Waals surface area contributed by atoms with Crippen LogP contribution in [0.15, 0.2) is 28.9 Å². The highest BCUT2D eigenvalue weighted by Crippen LogP contribution is 2.36. The summed E-state index contributed by atoms with van der Waals surface area (Å²) >= 11 is 3.15. The molecule has 1 aromatic heterocycles. The smallest absolute Gasteiger partial charge is 0.464 e. The fraction of sp³-hybridized carbons (Fsp3) is 0.167. The molecule has 0 N–H and O–H groups in total. The van der Waals surface area contributed by atoms with E-state index in [0.29, 0.717) is 4.47 Å². The van der Waals surface area contributed by atoms with Gasteiger partial charge in [0, 0.05) is 21.4 Å². The van der Waals surface area contributed by atoms with Crippen molar-refractivity contribution in [3.05, 3.63) is 34.6 Å². The number of ether oxygens (including phenoxy) is 1. The highest BCUT2D eigenvalue weighted by molar-refractivity contribution is 9.10. The molecule has 0 aliphatic heterocycles. The maximum absolute atomic E-state index is 12.6. The van der Waals surface area contributed by atoms with E-state index in [1.54, 1.807) is 6.07 Å². The Labute approximate surface area is 136 Å². The van der Waals surface area contributed by atoms with Gasteiger partial charge in [-0.2, -0.15) is 21.6 Å². The van der Waals surface area contributed by atoms with Crippen molar-refractivity contribution in [3.63, 3.8) is 0 Å². The van der Waals surface area contributed by atoms with E-state index in [9.17, 15) is 26.4 Å². The number of nitrogens with zero attached hydrogens (tertiary/aromatic N) is 1. The van der Waals surface area contributed by atoms with E-state index >= 15 is 0 Å². The number of benzene rings is 1. The zero-order valence-electron chi connectivity index (χ0n) is 11.2. The van der Waals surface area contributed by atoms with Crippen molar-refractivity contribution in [3.8, 4) is 5.75 Å². The zero-order valence-corrected chi connectivity index (χ0v) is 13.6. The van der Waals surface area contributed by atoms with E-state index in [0.717, 1.165) is 7.11 Å². The van der Waals surface area contributed by atoms with Crippen LogP contribution < -0.4 is 4.18 Å². The number of halogens is 4. The second kappa shape index (κ2) is 5.96. The minimum Gasteiger partial charge on any atom is -0.464 e. The molecule has 0 fully saturated rings. The number of fused-ring (bicyclic) bond motifs is 1. The maximum Gasteiger partial charge on any atom is 0.534 e. The summed E-state index contributed by atoms with van der Waals surface area (Å²) in [6.07, 6.45) is 1.18. The Morgan fingerprint density at radius 3 is 2.48 bits per heavy atom. The summed E-state index contributed by atoms with van der Waals surface area (Å²) in [6.45, 7) is 0. The summed E-state index contributed by atoms with van der Waals surface area (Å²) in [4.78, 5) is 15.3. The second-order valence-corrected chi connectivity index (χ2v) is 6.50. The van der Waals surface area contributed by atoms with Crippen molar-refractivity contribution >= 4 is 42.8 Å². The quantitative estimate of drug-likeness (QED) is 0.437. The molecule has 0 saturated heterocycles. The molecule has 6 nitrogen and oxygen atoms in total. The number of rotatable bonds is 3. The monoisotopic (exact) mass is 413 g/mol. The number of methoxy groups -OCH3 is 1. The third kappa shape index (κ3) is 3.24. The van der Waals surface area contributed by atoms with Crippen LogP contribution in [0.3, 0.4) is 0 Å². The van der Waals surface area contributed by atoms with Crippen molar-refractivity contribution in [1.82, 2.24) is 4.98 Å². The first-order valence-electron chi connectivity index (χ1n) is 5.75. The molecule has 0 amide bonds. The maximum atomic E-state index is 12.6. The molecule has 23 heavy (non-hydrogen) atoms. The minimum atomic E-state index is -5.98. The molecule has 0 aliphatic rings. The Bertz CT molecular complexity index is 882. The van der Waals surface area contributed by atoms with Crippen LogP contribution in [0.2, 0.25) is 0 Å². The molecule has 0 atom stereocenters. The number of hydrogen-bond donors (Lipinski definition) is 0. The molecule has 2 rings (SSSR count). The molecule has 2 aromatic rings. The topological polar surface area (TPSA) is 82.6 Å². The zero-order chi connectivity index (χ0) is 17.4. The average Bonchev–Trinajstić information content (AvgIpc) is 2.46. The van der Waals surface area contributed by atoms with E-state index in [4.69, 9.17) is 0 Å². The van der Waals surface area contributed by atoms with E-state index in [1.165, 1.54) is 18.3 Å². The number of carbonyl (C=O) groups excluding carboxylic acids is 1. The normalized spacial score (nSPS) is 12.2. The predicted octanol–water partition coefficient (Wildman–Crippen LogP) is 3.01. The Balaban J connectivity index is 2.77. The third-order valence-corrected chi connectivity index (χ3v) is 4.34. The van der Waals surface area contributed by atoms with Gasteiger partial charge < -0.3 is 8.92 Å². The number of carbonyl (C=O) groups is 1. The van der Waals surface area contributed by atoms with Gasteiger partial charge in [0.1, 0.15) is 0 Å². The number of alkyl halides is 3. The lowest BCUT2D eigenvalue weighted by Crippen LogP contribution is -2.29. The van der Waals surface area contributed by atoms with Gasteiger partial charge in [0.05, 0.1) is 7.11 Å². The van der Waals surface area contributed by atoms with Crippen LogP contribution in [-0.4, -0.2) is 32.0 Å². The van der Waals surface area contributed by atoms with Gasteiger partial charge in [0.2, 0.25) is 0 Å². The summed E-state index contributed by atoms with van der Waals surface area (Å²) in [6, 6.07) is 4.28. The summed E-state index contributed by atoms with van der Waals surface area (Å²) in [5.74, 6) is -1.99. The standard InChI is InChI=1S/C12H7BrF3NO5S/c1-21-11(18)9-10(22-23(19,20)12(14,15)16)6-3-2-4-8(13)7(6)5-17-9/h2-5H,1H3. The van der Waals surface area contributed by atoms with Crippen molar-refractivity contribution in [2.45, 2.75) is 5.51 Å². The Hall–Kier alpha value is -1.88. The lowest BCUT2D eigenvalue weighted by Gasteiger charge is -2.14. The van der Waals surface area contributed by atoms with Gasteiger partial charge in [-0.15, -0.1) is 0 Å². The van der Waals surface area contributed by atoms with Gasteiger partial charge in [-0.3, -0.25) is 0 Å². The number of hydrogen-bond acceptors (Lipinski definition) is 6. The van der Waals surface area contributed by atoms with Crippen molar-refractivity contribution in [2.75, 3.05) is 7.11 Å². The lowest BCUT2D eigenvalue weighted by molar-refractivity contribution is -0.0500. The van der Waals surface area contributed by atoms with Crippen molar-refractivity contribution in [2.24, 2.45) is 0 Å². The lowest BCUT2D eigenvalue weighted by atomic mass is 10.1. The number of pyridine rings is 1. The Kier molecular flexibility index (Phi) is 4.53. The Morgan fingerprint density at radius 2 is 1.91 bits per heavy atom. The molecule has 1 heterocycles. The van der Waals surface area contributed by atoms with Crippen LogP contribution in [0.5, 0.6) is 5.75 Å². The number of esters is 1. The van der Waals surface area contributed by atoms with Crippen LogP contribution in [0.4, 0.5) is 13.2 Å². The molecule has 1 aromatic carbocycles.